The summed E-state index contributed by atoms with van der Waals surface area (Å²) in [6, 6.07) is 2.65. The lowest BCUT2D eigenvalue weighted by Gasteiger charge is -2.55. The molecule has 0 radical (unpaired) electrons. The predicted molar refractivity (Wildman–Crippen MR) is 80.8 cm³/mol. The number of nitriles is 1. The summed E-state index contributed by atoms with van der Waals surface area (Å²) in [5, 5.41) is 9.46. The van der Waals surface area contributed by atoms with Crippen molar-refractivity contribution in [1.29, 1.82) is 5.26 Å². The smallest absolute Gasteiger partial charge is 0.0658 e. The monoisotopic (exact) mass is 271 g/mol. The molecule has 0 aromatic carbocycles. The van der Waals surface area contributed by atoms with E-state index < -0.39 is 0 Å². The van der Waals surface area contributed by atoms with Gasteiger partial charge in [0.05, 0.1) is 6.07 Å². The SMILES string of the molecule is N#CC1CCCC2C1CCC1C3CCCCC3CCC21. The molecule has 4 aliphatic rings. The standard InChI is InChI=1S/C19H29N/c20-12-14-5-3-7-17-16(14)10-11-18-15-6-2-1-4-13(15)8-9-19(17)18/h13-19H,1-11H2. The highest BCUT2D eigenvalue weighted by molar-refractivity contribution is 5.02. The summed E-state index contributed by atoms with van der Waals surface area (Å²) in [6.45, 7) is 0. The molecule has 110 valence electrons. The Bertz CT molecular complexity index is 395. The second-order valence-corrected chi connectivity index (χ2v) is 8.19. The molecule has 0 spiro atoms. The van der Waals surface area contributed by atoms with Gasteiger partial charge in [-0.3, -0.25) is 0 Å². The predicted octanol–water partition coefficient (Wildman–Crippen LogP) is 5.17. The lowest BCUT2D eigenvalue weighted by Crippen LogP contribution is -2.47. The summed E-state index contributed by atoms with van der Waals surface area (Å²) < 4.78 is 0. The van der Waals surface area contributed by atoms with Gasteiger partial charge in [0, 0.05) is 5.92 Å². The van der Waals surface area contributed by atoms with E-state index in [1.54, 1.807) is 0 Å². The van der Waals surface area contributed by atoms with E-state index in [4.69, 9.17) is 0 Å². The Kier molecular flexibility index (Phi) is 3.53. The van der Waals surface area contributed by atoms with Crippen LogP contribution in [-0.2, 0) is 0 Å². The fourth-order valence-corrected chi connectivity index (χ4v) is 6.85. The van der Waals surface area contributed by atoms with Gasteiger partial charge in [-0.2, -0.15) is 5.26 Å². The largest absolute Gasteiger partial charge is 0.198 e. The van der Waals surface area contributed by atoms with E-state index in [1.807, 2.05) is 0 Å². The third-order valence-electron chi connectivity index (χ3n) is 7.61. The fraction of sp³-hybridized carbons (Fsp3) is 0.947. The maximum Gasteiger partial charge on any atom is 0.0658 e. The topological polar surface area (TPSA) is 23.8 Å². The highest BCUT2D eigenvalue weighted by atomic mass is 14.5. The van der Waals surface area contributed by atoms with Gasteiger partial charge in [-0.15, -0.1) is 0 Å². The van der Waals surface area contributed by atoms with Crippen molar-refractivity contribution in [2.24, 2.45) is 41.4 Å². The van der Waals surface area contributed by atoms with Gasteiger partial charge in [-0.25, -0.2) is 0 Å². The summed E-state index contributed by atoms with van der Waals surface area (Å²) in [6.07, 6.45) is 15.9. The van der Waals surface area contributed by atoms with Crippen molar-refractivity contribution in [2.75, 3.05) is 0 Å². The van der Waals surface area contributed by atoms with E-state index >= 15 is 0 Å². The van der Waals surface area contributed by atoms with Crippen molar-refractivity contribution in [2.45, 2.75) is 70.6 Å². The molecule has 0 amide bonds. The van der Waals surface area contributed by atoms with Crippen molar-refractivity contribution in [3.8, 4) is 6.07 Å². The van der Waals surface area contributed by atoms with E-state index in [1.165, 1.54) is 70.6 Å². The third-order valence-corrected chi connectivity index (χ3v) is 7.61. The number of hydrogen-bond donors (Lipinski definition) is 0. The van der Waals surface area contributed by atoms with Gasteiger partial charge >= 0.3 is 0 Å². The summed E-state index contributed by atoms with van der Waals surface area (Å²) in [7, 11) is 0. The normalized spacial score (nSPS) is 51.2. The molecule has 0 bridgehead atoms. The first-order chi connectivity index (χ1) is 9.88. The molecular weight excluding hydrogens is 242 g/mol. The number of rotatable bonds is 0. The zero-order chi connectivity index (χ0) is 13.5. The maximum absolute atomic E-state index is 9.46. The van der Waals surface area contributed by atoms with E-state index in [-0.39, 0.29) is 0 Å². The van der Waals surface area contributed by atoms with Crippen LogP contribution in [0.2, 0.25) is 0 Å². The minimum Gasteiger partial charge on any atom is -0.198 e. The van der Waals surface area contributed by atoms with Crippen LogP contribution in [0, 0.1) is 52.8 Å². The van der Waals surface area contributed by atoms with Crippen LogP contribution < -0.4 is 0 Å². The molecule has 7 unspecified atom stereocenters. The number of nitrogens with zero attached hydrogens (tertiary/aromatic N) is 1. The number of fused-ring (bicyclic) bond motifs is 5. The van der Waals surface area contributed by atoms with E-state index in [9.17, 15) is 5.26 Å². The van der Waals surface area contributed by atoms with Crippen LogP contribution >= 0.6 is 0 Å². The quantitative estimate of drug-likeness (QED) is 0.596. The first-order valence-corrected chi connectivity index (χ1v) is 9.28. The van der Waals surface area contributed by atoms with E-state index in [0.717, 1.165) is 35.5 Å². The fourth-order valence-electron chi connectivity index (χ4n) is 6.85. The van der Waals surface area contributed by atoms with Crippen LogP contribution in [0.1, 0.15) is 70.6 Å². The molecule has 4 saturated carbocycles. The van der Waals surface area contributed by atoms with E-state index in [2.05, 4.69) is 6.07 Å². The minimum atomic E-state index is 0.402. The van der Waals surface area contributed by atoms with Crippen LogP contribution in [0.3, 0.4) is 0 Å². The first kappa shape index (κ1) is 13.2. The summed E-state index contributed by atoms with van der Waals surface area (Å²) >= 11 is 0. The molecule has 4 aliphatic carbocycles. The van der Waals surface area contributed by atoms with Crippen LogP contribution in [0.15, 0.2) is 0 Å². The molecule has 0 N–H and O–H groups in total. The molecule has 0 aliphatic heterocycles. The molecular formula is C19H29N. The summed E-state index contributed by atoms with van der Waals surface area (Å²) in [4.78, 5) is 0. The van der Waals surface area contributed by atoms with Crippen molar-refractivity contribution in [1.82, 2.24) is 0 Å². The molecule has 0 aromatic rings. The molecule has 0 heterocycles. The van der Waals surface area contributed by atoms with Gasteiger partial charge in [0.15, 0.2) is 0 Å². The highest BCUT2D eigenvalue weighted by Gasteiger charge is 2.49. The zero-order valence-corrected chi connectivity index (χ0v) is 12.8. The van der Waals surface area contributed by atoms with Gasteiger partial charge in [0.2, 0.25) is 0 Å². The molecule has 0 aromatic heterocycles. The van der Waals surface area contributed by atoms with Crippen LogP contribution in [-0.4, -0.2) is 0 Å². The maximum atomic E-state index is 9.46. The zero-order valence-electron chi connectivity index (χ0n) is 12.8. The lowest BCUT2D eigenvalue weighted by molar-refractivity contribution is -0.0501. The first-order valence-electron chi connectivity index (χ1n) is 9.28. The minimum absolute atomic E-state index is 0.402. The Morgan fingerprint density at radius 1 is 0.550 bits per heavy atom. The summed E-state index contributed by atoms with van der Waals surface area (Å²) in [5.74, 6) is 6.31. The molecule has 0 saturated heterocycles. The average molecular weight is 271 g/mol. The van der Waals surface area contributed by atoms with Crippen LogP contribution in [0.5, 0.6) is 0 Å². The second-order valence-electron chi connectivity index (χ2n) is 8.19. The molecule has 1 nitrogen and oxygen atoms in total. The molecule has 4 fully saturated rings. The second kappa shape index (κ2) is 5.36. The van der Waals surface area contributed by atoms with Gasteiger partial charge in [-0.05, 0) is 80.5 Å². The lowest BCUT2D eigenvalue weighted by atomic mass is 9.50. The Morgan fingerprint density at radius 3 is 2.10 bits per heavy atom. The number of hydrogen-bond acceptors (Lipinski definition) is 1. The van der Waals surface area contributed by atoms with E-state index in [0.29, 0.717) is 5.92 Å². The molecule has 1 heteroatoms. The molecule has 20 heavy (non-hydrogen) atoms. The Hall–Kier alpha value is -0.510. The summed E-state index contributed by atoms with van der Waals surface area (Å²) in [5.41, 5.74) is 0. The van der Waals surface area contributed by atoms with Gasteiger partial charge < -0.3 is 0 Å². The third kappa shape index (κ3) is 2.02. The van der Waals surface area contributed by atoms with Crippen molar-refractivity contribution < 1.29 is 0 Å². The van der Waals surface area contributed by atoms with Crippen molar-refractivity contribution in [3.63, 3.8) is 0 Å². The Morgan fingerprint density at radius 2 is 1.20 bits per heavy atom. The highest BCUT2D eigenvalue weighted by Crippen LogP contribution is 2.57. The van der Waals surface area contributed by atoms with Gasteiger partial charge in [0.1, 0.15) is 0 Å². The Balaban J connectivity index is 1.55. The van der Waals surface area contributed by atoms with Crippen molar-refractivity contribution >= 4 is 0 Å². The van der Waals surface area contributed by atoms with Crippen LogP contribution in [0.4, 0.5) is 0 Å². The van der Waals surface area contributed by atoms with Gasteiger partial charge in [0.25, 0.3) is 0 Å². The molecule has 7 atom stereocenters. The Labute approximate surface area is 124 Å². The van der Waals surface area contributed by atoms with Crippen LogP contribution in [0.25, 0.3) is 0 Å². The average Bonchev–Trinajstić information content (AvgIpc) is 2.53. The van der Waals surface area contributed by atoms with Crippen molar-refractivity contribution in [3.05, 3.63) is 0 Å². The van der Waals surface area contributed by atoms with Gasteiger partial charge in [-0.1, -0.05) is 25.7 Å². The molecule has 4 rings (SSSR count).